The van der Waals surface area contributed by atoms with Crippen molar-refractivity contribution in [3.05, 3.63) is 59.7 Å². The van der Waals surface area contributed by atoms with Crippen LogP contribution in [0.1, 0.15) is 29.3 Å². The van der Waals surface area contributed by atoms with Crippen molar-refractivity contribution in [2.75, 3.05) is 12.8 Å². The summed E-state index contributed by atoms with van der Waals surface area (Å²) in [4.78, 5) is 12.1. The smallest absolute Gasteiger partial charge is 0.251 e. The van der Waals surface area contributed by atoms with Crippen LogP contribution in [0.4, 0.5) is 5.69 Å². The minimum atomic E-state index is -0.0884. The highest BCUT2D eigenvalue weighted by Crippen LogP contribution is 2.13. The molecule has 124 valence electrons. The molecule has 2 aromatic carbocycles. The first-order chi connectivity index (χ1) is 10.6. The van der Waals surface area contributed by atoms with Crippen molar-refractivity contribution in [3.8, 4) is 5.75 Å². The molecule has 0 aliphatic carbocycles. The monoisotopic (exact) mass is 334 g/mol. The topological polar surface area (TPSA) is 64.3 Å². The van der Waals surface area contributed by atoms with Gasteiger partial charge in [0, 0.05) is 17.3 Å². The standard InChI is InChI=1S/C18H22N2O2.ClH/c1-13(6-7-14-8-10-17(22-2)11-9-14)20-18(21)15-4-3-5-16(19)12-15;/h3-5,8-13H,6-7,19H2,1-2H3,(H,20,21);1H. The van der Waals surface area contributed by atoms with Crippen LogP contribution in [0.2, 0.25) is 0 Å². The van der Waals surface area contributed by atoms with E-state index in [9.17, 15) is 4.79 Å². The molecule has 23 heavy (non-hydrogen) atoms. The Morgan fingerprint density at radius 2 is 1.91 bits per heavy atom. The molecule has 0 bridgehead atoms. The van der Waals surface area contributed by atoms with Gasteiger partial charge in [0.2, 0.25) is 0 Å². The molecule has 5 heteroatoms. The number of benzene rings is 2. The molecular formula is C18H23ClN2O2. The molecule has 0 heterocycles. The van der Waals surface area contributed by atoms with Crippen molar-refractivity contribution in [1.82, 2.24) is 5.32 Å². The maximum absolute atomic E-state index is 12.1. The van der Waals surface area contributed by atoms with Gasteiger partial charge in [0.05, 0.1) is 7.11 Å². The van der Waals surface area contributed by atoms with E-state index in [0.717, 1.165) is 18.6 Å². The quantitative estimate of drug-likeness (QED) is 0.795. The summed E-state index contributed by atoms with van der Waals surface area (Å²) in [7, 11) is 1.66. The Morgan fingerprint density at radius 3 is 2.52 bits per heavy atom. The van der Waals surface area contributed by atoms with Gasteiger partial charge in [-0.1, -0.05) is 18.2 Å². The van der Waals surface area contributed by atoms with E-state index in [1.807, 2.05) is 31.2 Å². The lowest BCUT2D eigenvalue weighted by Crippen LogP contribution is -2.32. The molecular weight excluding hydrogens is 312 g/mol. The number of ether oxygens (including phenoxy) is 1. The SMILES string of the molecule is COc1ccc(CCC(C)NC(=O)c2cccc(N)c2)cc1.Cl. The number of methoxy groups -OCH3 is 1. The van der Waals surface area contributed by atoms with Gasteiger partial charge in [0.25, 0.3) is 5.91 Å². The van der Waals surface area contributed by atoms with E-state index in [-0.39, 0.29) is 24.4 Å². The molecule has 1 amide bonds. The summed E-state index contributed by atoms with van der Waals surface area (Å²) in [6, 6.07) is 15.1. The van der Waals surface area contributed by atoms with Crippen molar-refractivity contribution in [1.29, 1.82) is 0 Å². The van der Waals surface area contributed by atoms with Crippen LogP contribution >= 0.6 is 12.4 Å². The number of halogens is 1. The minimum absolute atomic E-state index is 0. The largest absolute Gasteiger partial charge is 0.497 e. The maximum Gasteiger partial charge on any atom is 0.251 e. The molecule has 4 nitrogen and oxygen atoms in total. The molecule has 3 N–H and O–H groups in total. The molecule has 0 saturated heterocycles. The van der Waals surface area contributed by atoms with Crippen molar-refractivity contribution < 1.29 is 9.53 Å². The van der Waals surface area contributed by atoms with Gasteiger partial charge < -0.3 is 15.8 Å². The number of carbonyl (C=O) groups is 1. The van der Waals surface area contributed by atoms with Gasteiger partial charge in [-0.25, -0.2) is 0 Å². The van der Waals surface area contributed by atoms with Crippen molar-refractivity contribution in [3.63, 3.8) is 0 Å². The first-order valence-electron chi connectivity index (χ1n) is 7.38. The van der Waals surface area contributed by atoms with Gasteiger partial charge in [-0.05, 0) is 55.7 Å². The number of nitrogen functional groups attached to an aromatic ring is 1. The predicted molar refractivity (Wildman–Crippen MR) is 96.3 cm³/mol. The molecule has 0 aliphatic rings. The van der Waals surface area contributed by atoms with Gasteiger partial charge in [-0.2, -0.15) is 0 Å². The fourth-order valence-electron chi connectivity index (χ4n) is 2.23. The summed E-state index contributed by atoms with van der Waals surface area (Å²) < 4.78 is 5.14. The highest BCUT2D eigenvalue weighted by atomic mass is 35.5. The Kier molecular flexibility index (Phi) is 7.42. The van der Waals surface area contributed by atoms with E-state index in [2.05, 4.69) is 5.32 Å². The van der Waals surface area contributed by atoms with Crippen LogP contribution in [0.25, 0.3) is 0 Å². The molecule has 0 fully saturated rings. The summed E-state index contributed by atoms with van der Waals surface area (Å²) in [6.45, 7) is 2.01. The third kappa shape index (κ3) is 5.83. The van der Waals surface area contributed by atoms with Crippen LogP contribution in [0.5, 0.6) is 5.75 Å². The van der Waals surface area contributed by atoms with E-state index in [0.29, 0.717) is 11.3 Å². The van der Waals surface area contributed by atoms with Crippen LogP contribution in [-0.2, 0) is 6.42 Å². The molecule has 0 aliphatic heterocycles. The highest BCUT2D eigenvalue weighted by molar-refractivity contribution is 5.95. The van der Waals surface area contributed by atoms with Crippen molar-refractivity contribution >= 4 is 24.0 Å². The van der Waals surface area contributed by atoms with E-state index in [1.54, 1.807) is 31.4 Å². The lowest BCUT2D eigenvalue weighted by molar-refractivity contribution is 0.0938. The van der Waals surface area contributed by atoms with Crippen LogP contribution in [0, 0.1) is 0 Å². The normalized spacial score (nSPS) is 11.2. The number of anilines is 1. The Labute approximate surface area is 143 Å². The number of aryl methyl sites for hydroxylation is 1. The van der Waals surface area contributed by atoms with Gasteiger partial charge >= 0.3 is 0 Å². The van der Waals surface area contributed by atoms with E-state index in [4.69, 9.17) is 10.5 Å². The summed E-state index contributed by atoms with van der Waals surface area (Å²) in [6.07, 6.45) is 1.78. The minimum Gasteiger partial charge on any atom is -0.497 e. The van der Waals surface area contributed by atoms with Gasteiger partial charge in [0.15, 0.2) is 0 Å². The Bertz CT molecular complexity index is 629. The Hall–Kier alpha value is -2.20. The number of nitrogens with one attached hydrogen (secondary N) is 1. The molecule has 1 unspecified atom stereocenters. The van der Waals surface area contributed by atoms with E-state index >= 15 is 0 Å². The zero-order valence-corrected chi connectivity index (χ0v) is 14.2. The maximum atomic E-state index is 12.1. The second kappa shape index (κ2) is 9.06. The summed E-state index contributed by atoms with van der Waals surface area (Å²) >= 11 is 0. The zero-order valence-electron chi connectivity index (χ0n) is 13.4. The average Bonchev–Trinajstić information content (AvgIpc) is 2.53. The van der Waals surface area contributed by atoms with Gasteiger partial charge in [0.1, 0.15) is 5.75 Å². The van der Waals surface area contributed by atoms with Crippen LogP contribution in [-0.4, -0.2) is 19.1 Å². The lowest BCUT2D eigenvalue weighted by Gasteiger charge is -2.14. The third-order valence-electron chi connectivity index (χ3n) is 3.55. The lowest BCUT2D eigenvalue weighted by atomic mass is 10.1. The predicted octanol–water partition coefficient (Wildman–Crippen LogP) is 3.45. The number of carbonyl (C=O) groups excluding carboxylic acids is 1. The zero-order chi connectivity index (χ0) is 15.9. The molecule has 2 aromatic rings. The van der Waals surface area contributed by atoms with Gasteiger partial charge in [-0.3, -0.25) is 4.79 Å². The third-order valence-corrected chi connectivity index (χ3v) is 3.55. The fourth-order valence-corrected chi connectivity index (χ4v) is 2.23. The number of rotatable bonds is 6. The fraction of sp³-hybridized carbons (Fsp3) is 0.278. The second-order valence-electron chi connectivity index (χ2n) is 5.39. The molecule has 0 aromatic heterocycles. The number of nitrogens with two attached hydrogens (primary N) is 1. The molecule has 0 radical (unpaired) electrons. The van der Waals surface area contributed by atoms with Crippen LogP contribution < -0.4 is 15.8 Å². The number of hydrogen-bond acceptors (Lipinski definition) is 3. The summed E-state index contributed by atoms with van der Waals surface area (Å²) in [5.74, 6) is 0.765. The van der Waals surface area contributed by atoms with E-state index < -0.39 is 0 Å². The molecule has 2 rings (SSSR count). The summed E-state index contributed by atoms with van der Waals surface area (Å²) in [5.41, 5.74) is 8.11. The molecule has 0 spiro atoms. The molecule has 1 atom stereocenters. The first-order valence-corrected chi connectivity index (χ1v) is 7.38. The Morgan fingerprint density at radius 1 is 1.22 bits per heavy atom. The second-order valence-corrected chi connectivity index (χ2v) is 5.39. The number of hydrogen-bond donors (Lipinski definition) is 2. The van der Waals surface area contributed by atoms with Crippen LogP contribution in [0.3, 0.4) is 0 Å². The average molecular weight is 335 g/mol. The highest BCUT2D eigenvalue weighted by Gasteiger charge is 2.10. The van der Waals surface area contributed by atoms with E-state index in [1.165, 1.54) is 5.56 Å². The van der Waals surface area contributed by atoms with Gasteiger partial charge in [-0.15, -0.1) is 12.4 Å². The summed E-state index contributed by atoms with van der Waals surface area (Å²) in [5, 5.41) is 3.00. The van der Waals surface area contributed by atoms with Crippen molar-refractivity contribution in [2.24, 2.45) is 0 Å². The first kappa shape index (κ1) is 18.8. The number of amides is 1. The molecule has 0 saturated carbocycles. The van der Waals surface area contributed by atoms with Crippen LogP contribution in [0.15, 0.2) is 48.5 Å². The van der Waals surface area contributed by atoms with Crippen molar-refractivity contribution in [2.45, 2.75) is 25.8 Å². The Balaban J connectivity index is 0.00000264.